The number of ether oxygens (including phenoxy) is 1. The zero-order valence-electron chi connectivity index (χ0n) is 18.5. The smallest absolute Gasteiger partial charge is 0.326 e. The van der Waals surface area contributed by atoms with E-state index in [2.05, 4.69) is 5.32 Å². The summed E-state index contributed by atoms with van der Waals surface area (Å²) in [7, 11) is 0. The van der Waals surface area contributed by atoms with Crippen molar-refractivity contribution in [3.8, 4) is 5.75 Å². The maximum atomic E-state index is 11.9. The number of anilines is 1. The summed E-state index contributed by atoms with van der Waals surface area (Å²) in [5, 5.41) is 20.7. The molecular formula is C25H32N4O3. The monoisotopic (exact) mass is 436 g/mol. The number of nitrogens with two attached hydrogens (primary N) is 1. The highest BCUT2D eigenvalue weighted by molar-refractivity contribution is 5.95. The van der Waals surface area contributed by atoms with E-state index in [1.165, 1.54) is 0 Å². The molecule has 1 fully saturated rings. The van der Waals surface area contributed by atoms with Crippen molar-refractivity contribution in [2.45, 2.75) is 38.3 Å². The van der Waals surface area contributed by atoms with Gasteiger partial charge in [-0.3, -0.25) is 5.41 Å². The number of benzene rings is 2. The number of hydrogen-bond acceptors (Lipinski definition) is 5. The average Bonchev–Trinajstić information content (AvgIpc) is 2.80. The van der Waals surface area contributed by atoms with Crippen molar-refractivity contribution in [1.82, 2.24) is 5.32 Å². The fourth-order valence-corrected chi connectivity index (χ4v) is 3.88. The third-order valence-corrected chi connectivity index (χ3v) is 5.62. The number of aliphatic carboxylic acids is 1. The summed E-state index contributed by atoms with van der Waals surface area (Å²) in [4.78, 5) is 13.8. The highest BCUT2D eigenvalue weighted by Crippen LogP contribution is 2.24. The molecule has 0 saturated carbocycles. The first kappa shape index (κ1) is 23.3. The van der Waals surface area contributed by atoms with Gasteiger partial charge in [-0.15, -0.1) is 0 Å². The van der Waals surface area contributed by atoms with Crippen molar-refractivity contribution in [2.75, 3.05) is 24.5 Å². The Kier molecular flexibility index (Phi) is 8.27. The number of carbonyl (C=O) groups is 1. The second kappa shape index (κ2) is 11.3. The van der Waals surface area contributed by atoms with Gasteiger partial charge in [0, 0.05) is 17.8 Å². The van der Waals surface area contributed by atoms with Gasteiger partial charge in [0.25, 0.3) is 0 Å². The van der Waals surface area contributed by atoms with Gasteiger partial charge in [-0.1, -0.05) is 37.3 Å². The fraction of sp³-hybridized carbons (Fsp3) is 0.360. The van der Waals surface area contributed by atoms with Crippen molar-refractivity contribution in [2.24, 2.45) is 5.73 Å². The number of hydrogen-bond donors (Lipinski definition) is 4. The van der Waals surface area contributed by atoms with Crippen LogP contribution in [0.5, 0.6) is 5.75 Å². The predicted molar refractivity (Wildman–Crippen MR) is 129 cm³/mol. The number of nitrogens with zero attached hydrogens (tertiary/aromatic N) is 1. The largest absolute Gasteiger partial charge is 0.490 e. The molecule has 0 bridgehead atoms. The van der Waals surface area contributed by atoms with E-state index < -0.39 is 12.0 Å². The van der Waals surface area contributed by atoms with E-state index in [-0.39, 0.29) is 11.9 Å². The highest BCUT2D eigenvalue weighted by atomic mass is 16.5. The first-order valence-corrected chi connectivity index (χ1v) is 11.1. The summed E-state index contributed by atoms with van der Waals surface area (Å²) in [6, 6.07) is 14.4. The van der Waals surface area contributed by atoms with Crippen LogP contribution in [-0.4, -0.2) is 48.7 Å². The molecule has 3 rings (SSSR count). The van der Waals surface area contributed by atoms with Crippen LogP contribution in [0.2, 0.25) is 0 Å². The van der Waals surface area contributed by atoms with Crippen molar-refractivity contribution in [1.29, 1.82) is 5.41 Å². The number of piperidine rings is 1. The molecule has 7 heteroatoms. The van der Waals surface area contributed by atoms with Crippen LogP contribution >= 0.6 is 0 Å². The molecular weight excluding hydrogens is 404 g/mol. The number of carboxylic acids is 1. The van der Waals surface area contributed by atoms with Crippen LogP contribution in [-0.2, 0) is 4.79 Å². The molecule has 1 heterocycles. The summed E-state index contributed by atoms with van der Waals surface area (Å²) < 4.78 is 6.08. The Morgan fingerprint density at radius 3 is 2.62 bits per heavy atom. The minimum absolute atomic E-state index is 0.0191. The van der Waals surface area contributed by atoms with Crippen molar-refractivity contribution >= 4 is 23.6 Å². The van der Waals surface area contributed by atoms with Crippen LogP contribution in [0, 0.1) is 5.41 Å². The van der Waals surface area contributed by atoms with Crippen molar-refractivity contribution in [3.63, 3.8) is 0 Å². The first-order chi connectivity index (χ1) is 15.5. The minimum Gasteiger partial charge on any atom is -0.490 e. The van der Waals surface area contributed by atoms with Gasteiger partial charge >= 0.3 is 5.97 Å². The maximum Gasteiger partial charge on any atom is 0.326 e. The van der Waals surface area contributed by atoms with E-state index in [0.29, 0.717) is 18.5 Å². The molecule has 0 amide bonds. The SMILES string of the molecule is CCC(C(=O)O)N(C/C=C/c1cccc(C(=N)N)c1)c1ccc(OC2CCNCC2)cc1. The molecule has 7 nitrogen and oxygen atoms in total. The van der Waals surface area contributed by atoms with E-state index in [9.17, 15) is 9.90 Å². The maximum absolute atomic E-state index is 11.9. The van der Waals surface area contributed by atoms with Crippen LogP contribution in [0.15, 0.2) is 54.6 Å². The van der Waals surface area contributed by atoms with Gasteiger partial charge in [0.15, 0.2) is 0 Å². The quantitative estimate of drug-likeness (QED) is 0.335. The fourth-order valence-electron chi connectivity index (χ4n) is 3.88. The third kappa shape index (κ3) is 6.34. The number of nitrogens with one attached hydrogen (secondary N) is 2. The summed E-state index contributed by atoms with van der Waals surface area (Å²) in [6.45, 7) is 4.24. The van der Waals surface area contributed by atoms with Gasteiger partial charge in [0.05, 0.1) is 0 Å². The minimum atomic E-state index is -0.852. The van der Waals surface area contributed by atoms with E-state index in [0.717, 1.165) is 42.9 Å². The lowest BCUT2D eigenvalue weighted by molar-refractivity contribution is -0.138. The van der Waals surface area contributed by atoms with Gasteiger partial charge in [-0.25, -0.2) is 4.79 Å². The molecule has 32 heavy (non-hydrogen) atoms. The van der Waals surface area contributed by atoms with Crippen LogP contribution in [0.3, 0.4) is 0 Å². The van der Waals surface area contributed by atoms with Gasteiger partial charge < -0.3 is 25.8 Å². The second-order valence-corrected chi connectivity index (χ2v) is 7.92. The zero-order valence-corrected chi connectivity index (χ0v) is 18.5. The Balaban J connectivity index is 1.74. The van der Waals surface area contributed by atoms with E-state index >= 15 is 0 Å². The van der Waals surface area contributed by atoms with Crippen LogP contribution in [0.1, 0.15) is 37.3 Å². The molecule has 2 aromatic carbocycles. The van der Waals surface area contributed by atoms with Gasteiger partial charge in [-0.2, -0.15) is 0 Å². The topological polar surface area (TPSA) is 112 Å². The Morgan fingerprint density at radius 1 is 1.28 bits per heavy atom. The van der Waals surface area contributed by atoms with E-state index in [1.807, 2.05) is 66.4 Å². The molecule has 1 aliphatic heterocycles. The molecule has 0 aromatic heterocycles. The molecule has 1 atom stereocenters. The van der Waals surface area contributed by atoms with Gasteiger partial charge in [0.1, 0.15) is 23.7 Å². The van der Waals surface area contributed by atoms with Crippen molar-refractivity contribution < 1.29 is 14.6 Å². The summed E-state index contributed by atoms with van der Waals surface area (Å²) in [5.41, 5.74) is 7.97. The summed E-state index contributed by atoms with van der Waals surface area (Å²) in [5.74, 6) is -0.0272. The molecule has 0 aliphatic carbocycles. The molecule has 0 radical (unpaired) electrons. The number of rotatable bonds is 10. The average molecular weight is 437 g/mol. The van der Waals surface area contributed by atoms with E-state index in [1.54, 1.807) is 6.07 Å². The van der Waals surface area contributed by atoms with Crippen LogP contribution < -0.4 is 20.7 Å². The second-order valence-electron chi connectivity index (χ2n) is 7.92. The highest BCUT2D eigenvalue weighted by Gasteiger charge is 2.23. The standard InChI is InChI=1S/C25H32N4O3/c1-2-23(25(30)31)29(16-4-6-18-5-3-7-19(17-18)24(26)27)20-8-10-21(11-9-20)32-22-12-14-28-15-13-22/h3-11,17,22-23,28H,2,12-16H2,1H3,(H3,26,27)(H,30,31)/b6-4+. The van der Waals surface area contributed by atoms with E-state index in [4.69, 9.17) is 15.9 Å². The molecule has 1 aliphatic rings. The molecule has 1 saturated heterocycles. The van der Waals surface area contributed by atoms with Crippen molar-refractivity contribution in [3.05, 3.63) is 65.7 Å². The van der Waals surface area contributed by atoms with Gasteiger partial charge in [0.2, 0.25) is 0 Å². The lowest BCUT2D eigenvalue weighted by Gasteiger charge is -2.30. The predicted octanol–water partition coefficient (Wildman–Crippen LogP) is 3.48. The summed E-state index contributed by atoms with van der Waals surface area (Å²) in [6.07, 6.45) is 6.53. The Morgan fingerprint density at radius 2 is 2.00 bits per heavy atom. The molecule has 1 unspecified atom stereocenters. The normalized spacial score (nSPS) is 15.4. The van der Waals surface area contributed by atoms with Crippen LogP contribution in [0.25, 0.3) is 6.08 Å². The molecule has 2 aromatic rings. The molecule has 5 N–H and O–H groups in total. The molecule has 0 spiro atoms. The molecule has 170 valence electrons. The Labute approximate surface area is 189 Å². The number of amidine groups is 1. The lowest BCUT2D eigenvalue weighted by Crippen LogP contribution is -2.41. The Bertz CT molecular complexity index is 936. The number of carboxylic acid groups (broad SMARTS) is 1. The summed E-state index contributed by atoms with van der Waals surface area (Å²) >= 11 is 0. The lowest BCUT2D eigenvalue weighted by atomic mass is 10.1. The third-order valence-electron chi connectivity index (χ3n) is 5.62. The zero-order chi connectivity index (χ0) is 22.9. The Hall–Kier alpha value is -3.32. The number of nitrogen functional groups attached to an aromatic ring is 1. The first-order valence-electron chi connectivity index (χ1n) is 11.1. The van der Waals surface area contributed by atoms with Gasteiger partial charge in [-0.05, 0) is 68.2 Å². The van der Waals surface area contributed by atoms with Crippen LogP contribution in [0.4, 0.5) is 5.69 Å².